The minimum absolute atomic E-state index is 0.124. The van der Waals surface area contributed by atoms with Crippen LogP contribution < -0.4 is 20.7 Å². The number of carbonyl (C=O) groups is 3. The van der Waals surface area contributed by atoms with Gasteiger partial charge in [0, 0.05) is 29.9 Å². The molecule has 0 radical (unpaired) electrons. The van der Waals surface area contributed by atoms with Crippen LogP contribution in [0, 0.1) is 6.92 Å². The van der Waals surface area contributed by atoms with E-state index in [9.17, 15) is 14.4 Å². The van der Waals surface area contributed by atoms with Crippen molar-refractivity contribution >= 4 is 23.4 Å². The summed E-state index contributed by atoms with van der Waals surface area (Å²) in [6.07, 6.45) is -0.710. The van der Waals surface area contributed by atoms with E-state index in [1.165, 1.54) is 0 Å². The second-order valence-corrected chi connectivity index (χ2v) is 9.95. The maximum absolute atomic E-state index is 12.7. The van der Waals surface area contributed by atoms with Crippen LogP contribution in [0.3, 0.4) is 0 Å². The number of rotatable bonds is 9. The third-order valence-corrected chi connectivity index (χ3v) is 5.76. The smallest absolute Gasteiger partial charge is 0.265 e. The lowest BCUT2D eigenvalue weighted by atomic mass is 9.85. The number of aryl methyl sites for hydroxylation is 1. The number of nitrogens with one attached hydrogen (secondary N) is 3. The molecule has 0 aliphatic rings. The fourth-order valence-corrected chi connectivity index (χ4v) is 3.67. The number of benzene rings is 3. The molecular weight excluding hydrogens is 466 g/mol. The Morgan fingerprint density at radius 2 is 1.38 bits per heavy atom. The molecule has 7 heteroatoms. The lowest BCUT2D eigenvalue weighted by Gasteiger charge is -2.25. The van der Waals surface area contributed by atoms with E-state index in [2.05, 4.69) is 42.8 Å². The van der Waals surface area contributed by atoms with Gasteiger partial charge in [-0.25, -0.2) is 0 Å². The van der Waals surface area contributed by atoms with Crippen LogP contribution >= 0.6 is 0 Å². The first kappa shape index (κ1) is 27.5. The summed E-state index contributed by atoms with van der Waals surface area (Å²) in [7, 11) is 0. The van der Waals surface area contributed by atoms with Crippen molar-refractivity contribution in [3.63, 3.8) is 0 Å². The van der Waals surface area contributed by atoms with Crippen molar-refractivity contribution in [2.45, 2.75) is 46.1 Å². The van der Waals surface area contributed by atoms with Crippen LogP contribution in [0.25, 0.3) is 0 Å². The summed E-state index contributed by atoms with van der Waals surface area (Å²) in [6, 6.07) is 21.5. The summed E-state index contributed by atoms with van der Waals surface area (Å²) in [6.45, 7) is 10.7. The van der Waals surface area contributed by atoms with Crippen LogP contribution in [0.2, 0.25) is 0 Å². The first-order valence-electron chi connectivity index (χ1n) is 12.3. The number of amides is 3. The fraction of sp³-hybridized carbons (Fsp3) is 0.300. The highest BCUT2D eigenvalue weighted by Gasteiger charge is 2.22. The molecule has 0 spiro atoms. The van der Waals surface area contributed by atoms with Crippen LogP contribution in [0.15, 0.2) is 72.8 Å². The average Bonchev–Trinajstić information content (AvgIpc) is 2.87. The highest BCUT2D eigenvalue weighted by atomic mass is 16.5. The third-order valence-electron chi connectivity index (χ3n) is 5.76. The van der Waals surface area contributed by atoms with Crippen molar-refractivity contribution in [1.29, 1.82) is 0 Å². The zero-order chi connectivity index (χ0) is 27.0. The molecule has 3 N–H and O–H groups in total. The second-order valence-electron chi connectivity index (χ2n) is 9.95. The molecule has 7 nitrogen and oxygen atoms in total. The van der Waals surface area contributed by atoms with E-state index in [1.807, 2.05) is 25.1 Å². The quantitative estimate of drug-likeness (QED) is 0.365. The molecule has 3 amide bonds. The standard InChI is InChI=1S/C30H35N3O4/c1-20-11-16-26(25(19-20)30(3,4)5)37-21(2)27(34)33-24-14-12-23(13-15-24)29(36)32-18-17-31-28(35)22-9-7-6-8-10-22/h6-16,19,21H,17-18H2,1-5H3,(H,31,35)(H,32,36)(H,33,34). The second kappa shape index (κ2) is 12.2. The minimum atomic E-state index is -0.710. The highest BCUT2D eigenvalue weighted by molar-refractivity contribution is 5.97. The Labute approximate surface area is 218 Å². The summed E-state index contributed by atoms with van der Waals surface area (Å²) < 4.78 is 6.02. The molecule has 1 unspecified atom stereocenters. The topological polar surface area (TPSA) is 96.5 Å². The molecule has 1 atom stereocenters. The van der Waals surface area contributed by atoms with E-state index >= 15 is 0 Å². The molecule has 0 aromatic heterocycles. The lowest BCUT2D eigenvalue weighted by molar-refractivity contribution is -0.122. The Hall–Kier alpha value is -4.13. The number of anilines is 1. The van der Waals surface area contributed by atoms with Gasteiger partial charge in [0.1, 0.15) is 5.75 Å². The molecule has 0 saturated carbocycles. The van der Waals surface area contributed by atoms with Crippen molar-refractivity contribution in [1.82, 2.24) is 10.6 Å². The molecule has 0 aliphatic carbocycles. The Bertz CT molecular complexity index is 1230. The van der Waals surface area contributed by atoms with Gasteiger partial charge in [-0.1, -0.05) is 56.7 Å². The number of hydrogen-bond acceptors (Lipinski definition) is 4. The summed E-state index contributed by atoms with van der Waals surface area (Å²) in [5.74, 6) is -0.0534. The van der Waals surface area contributed by atoms with Gasteiger partial charge in [0.25, 0.3) is 17.7 Å². The van der Waals surface area contributed by atoms with Crippen LogP contribution in [-0.4, -0.2) is 36.9 Å². The normalized spacial score (nSPS) is 11.8. The van der Waals surface area contributed by atoms with E-state index in [0.29, 0.717) is 35.7 Å². The number of hydrogen-bond donors (Lipinski definition) is 3. The van der Waals surface area contributed by atoms with Gasteiger partial charge in [-0.2, -0.15) is 0 Å². The highest BCUT2D eigenvalue weighted by Crippen LogP contribution is 2.32. The van der Waals surface area contributed by atoms with Gasteiger partial charge >= 0.3 is 0 Å². The Kier molecular flexibility index (Phi) is 9.06. The molecule has 194 valence electrons. The van der Waals surface area contributed by atoms with Crippen LogP contribution in [0.5, 0.6) is 5.75 Å². The van der Waals surface area contributed by atoms with Crippen molar-refractivity contribution in [2.75, 3.05) is 18.4 Å². The third kappa shape index (κ3) is 7.93. The first-order valence-corrected chi connectivity index (χ1v) is 12.3. The van der Waals surface area contributed by atoms with E-state index in [4.69, 9.17) is 4.74 Å². The van der Waals surface area contributed by atoms with Gasteiger partial charge < -0.3 is 20.7 Å². The molecule has 37 heavy (non-hydrogen) atoms. The summed E-state index contributed by atoms with van der Waals surface area (Å²) in [4.78, 5) is 37.2. The summed E-state index contributed by atoms with van der Waals surface area (Å²) in [5, 5.41) is 8.37. The number of ether oxygens (including phenoxy) is 1. The van der Waals surface area contributed by atoms with Crippen molar-refractivity contribution in [3.05, 3.63) is 95.1 Å². The molecule has 3 aromatic rings. The Morgan fingerprint density at radius 1 is 0.811 bits per heavy atom. The average molecular weight is 502 g/mol. The monoisotopic (exact) mass is 501 g/mol. The molecule has 0 fully saturated rings. The van der Waals surface area contributed by atoms with Crippen LogP contribution in [0.1, 0.15) is 59.5 Å². The SMILES string of the molecule is Cc1ccc(OC(C)C(=O)Nc2ccc(C(=O)NCCNC(=O)c3ccccc3)cc2)c(C(C)(C)C)c1. The molecule has 0 bridgehead atoms. The summed E-state index contributed by atoms with van der Waals surface area (Å²) >= 11 is 0. The largest absolute Gasteiger partial charge is 0.481 e. The Balaban J connectivity index is 1.48. The zero-order valence-electron chi connectivity index (χ0n) is 22.1. The molecule has 0 aliphatic heterocycles. The maximum Gasteiger partial charge on any atom is 0.265 e. The van der Waals surface area contributed by atoms with Crippen molar-refractivity contribution in [3.8, 4) is 5.75 Å². The maximum atomic E-state index is 12.7. The van der Waals surface area contributed by atoms with E-state index < -0.39 is 6.10 Å². The zero-order valence-corrected chi connectivity index (χ0v) is 22.1. The molecule has 0 saturated heterocycles. The van der Waals surface area contributed by atoms with E-state index in [0.717, 1.165) is 11.1 Å². The fourth-order valence-electron chi connectivity index (χ4n) is 3.67. The van der Waals surface area contributed by atoms with Crippen molar-refractivity contribution in [2.24, 2.45) is 0 Å². The van der Waals surface area contributed by atoms with Gasteiger partial charge in [0.2, 0.25) is 0 Å². The van der Waals surface area contributed by atoms with Crippen molar-refractivity contribution < 1.29 is 19.1 Å². The predicted molar refractivity (Wildman–Crippen MR) is 146 cm³/mol. The lowest BCUT2D eigenvalue weighted by Crippen LogP contribution is -2.34. The van der Waals surface area contributed by atoms with Gasteiger partial charge in [-0.15, -0.1) is 0 Å². The molecule has 3 aromatic carbocycles. The van der Waals surface area contributed by atoms with E-state index in [-0.39, 0.29) is 23.1 Å². The van der Waals surface area contributed by atoms with Gasteiger partial charge in [0.15, 0.2) is 6.10 Å². The number of carbonyl (C=O) groups excluding carboxylic acids is 3. The van der Waals surface area contributed by atoms with Gasteiger partial charge in [0.05, 0.1) is 0 Å². The first-order chi connectivity index (χ1) is 17.5. The van der Waals surface area contributed by atoms with Gasteiger partial charge in [-0.05, 0) is 67.3 Å². The molecule has 0 heterocycles. The predicted octanol–water partition coefficient (Wildman–Crippen LogP) is 4.86. The minimum Gasteiger partial charge on any atom is -0.481 e. The van der Waals surface area contributed by atoms with E-state index in [1.54, 1.807) is 55.5 Å². The molecule has 3 rings (SSSR count). The molecular formula is C30H35N3O4. The summed E-state index contributed by atoms with van der Waals surface area (Å²) in [5.41, 5.74) is 3.64. The van der Waals surface area contributed by atoms with Crippen LogP contribution in [0.4, 0.5) is 5.69 Å². The Morgan fingerprint density at radius 3 is 1.95 bits per heavy atom. The van der Waals surface area contributed by atoms with Gasteiger partial charge in [-0.3, -0.25) is 14.4 Å². The van der Waals surface area contributed by atoms with Crippen LogP contribution in [-0.2, 0) is 10.2 Å².